The smallest absolute Gasteiger partial charge is 0.133 e. The highest BCUT2D eigenvalue weighted by atomic mass is 79.9. The lowest BCUT2D eigenvalue weighted by atomic mass is 10.2. The number of ether oxygens (including phenoxy) is 1. The molecular formula is C14H13BrOS. The molecule has 3 heteroatoms. The maximum Gasteiger partial charge on any atom is 0.133 e. The van der Waals surface area contributed by atoms with E-state index < -0.39 is 0 Å². The number of methoxy groups -OCH3 is 1. The molecule has 0 spiro atoms. The van der Waals surface area contributed by atoms with Gasteiger partial charge in [-0.1, -0.05) is 24.3 Å². The summed E-state index contributed by atoms with van der Waals surface area (Å²) in [5.74, 6) is 1.84. The molecule has 0 aliphatic carbocycles. The average molecular weight is 309 g/mol. The Morgan fingerprint density at radius 2 is 1.88 bits per heavy atom. The molecule has 0 aliphatic heterocycles. The van der Waals surface area contributed by atoms with Gasteiger partial charge >= 0.3 is 0 Å². The molecule has 0 saturated carbocycles. The summed E-state index contributed by atoms with van der Waals surface area (Å²) in [6.07, 6.45) is 0. The number of hydrogen-bond donors (Lipinski definition) is 0. The Hall–Kier alpha value is -0.930. The first-order valence-electron chi connectivity index (χ1n) is 5.30. The second-order valence-electron chi connectivity index (χ2n) is 3.57. The maximum atomic E-state index is 5.21. The maximum absolute atomic E-state index is 5.21. The van der Waals surface area contributed by atoms with Gasteiger partial charge in [-0.2, -0.15) is 0 Å². The highest BCUT2D eigenvalue weighted by molar-refractivity contribution is 9.10. The van der Waals surface area contributed by atoms with Crippen molar-refractivity contribution < 1.29 is 4.74 Å². The molecule has 0 N–H and O–H groups in total. The largest absolute Gasteiger partial charge is 0.496 e. The van der Waals surface area contributed by atoms with Gasteiger partial charge in [0.25, 0.3) is 0 Å². The van der Waals surface area contributed by atoms with Gasteiger partial charge in [-0.05, 0) is 45.8 Å². The van der Waals surface area contributed by atoms with Crippen molar-refractivity contribution in [2.75, 3.05) is 7.11 Å². The van der Waals surface area contributed by atoms with Crippen LogP contribution in [0, 0.1) is 0 Å². The quantitative estimate of drug-likeness (QED) is 0.754. The van der Waals surface area contributed by atoms with E-state index in [-0.39, 0.29) is 0 Å². The molecule has 0 aromatic heterocycles. The van der Waals surface area contributed by atoms with Crippen LogP contribution in [0.4, 0.5) is 0 Å². The summed E-state index contributed by atoms with van der Waals surface area (Å²) in [5, 5.41) is 0. The summed E-state index contributed by atoms with van der Waals surface area (Å²) in [6.45, 7) is 0. The van der Waals surface area contributed by atoms with E-state index in [1.165, 1.54) is 10.5 Å². The second-order valence-corrected chi connectivity index (χ2v) is 5.47. The molecule has 88 valence electrons. The normalized spacial score (nSPS) is 10.2. The van der Waals surface area contributed by atoms with Crippen molar-refractivity contribution in [2.45, 2.75) is 10.6 Å². The summed E-state index contributed by atoms with van der Waals surface area (Å²) >= 11 is 5.33. The van der Waals surface area contributed by atoms with Crippen LogP contribution in [0.25, 0.3) is 0 Å². The third kappa shape index (κ3) is 3.51. The van der Waals surface area contributed by atoms with E-state index in [1.54, 1.807) is 7.11 Å². The number of hydrogen-bond acceptors (Lipinski definition) is 2. The van der Waals surface area contributed by atoms with Crippen LogP contribution in [-0.2, 0) is 5.75 Å². The number of halogens is 1. The van der Waals surface area contributed by atoms with Crippen molar-refractivity contribution in [2.24, 2.45) is 0 Å². The minimum Gasteiger partial charge on any atom is -0.496 e. The van der Waals surface area contributed by atoms with Gasteiger partial charge in [-0.25, -0.2) is 0 Å². The Morgan fingerprint density at radius 3 is 2.53 bits per heavy atom. The molecule has 2 aromatic carbocycles. The molecule has 0 saturated heterocycles. The predicted octanol–water partition coefficient (Wildman–Crippen LogP) is 4.75. The van der Waals surface area contributed by atoms with Crippen LogP contribution in [-0.4, -0.2) is 7.11 Å². The van der Waals surface area contributed by atoms with Crippen LogP contribution >= 0.6 is 27.7 Å². The molecule has 2 aromatic rings. The van der Waals surface area contributed by atoms with Crippen LogP contribution in [0.5, 0.6) is 5.75 Å². The Labute approximate surface area is 114 Å². The summed E-state index contributed by atoms with van der Waals surface area (Å²) in [5.41, 5.74) is 1.28. The summed E-state index contributed by atoms with van der Waals surface area (Å²) in [6, 6.07) is 16.6. The lowest BCUT2D eigenvalue weighted by Crippen LogP contribution is -1.86. The Morgan fingerprint density at radius 1 is 1.12 bits per heavy atom. The standard InChI is InChI=1S/C14H13BrOS/c1-16-14-8-7-11(9-13(14)15)10-17-12-5-3-2-4-6-12/h2-9H,10H2,1H3. The molecule has 1 nitrogen and oxygen atoms in total. The molecule has 0 atom stereocenters. The zero-order valence-electron chi connectivity index (χ0n) is 9.52. The number of benzene rings is 2. The molecule has 0 fully saturated rings. The van der Waals surface area contributed by atoms with Gasteiger partial charge in [-0.15, -0.1) is 11.8 Å². The zero-order valence-corrected chi connectivity index (χ0v) is 11.9. The van der Waals surface area contributed by atoms with Crippen molar-refractivity contribution in [3.8, 4) is 5.75 Å². The zero-order chi connectivity index (χ0) is 12.1. The topological polar surface area (TPSA) is 9.23 Å². The van der Waals surface area contributed by atoms with Gasteiger partial charge in [0.05, 0.1) is 11.6 Å². The molecule has 2 rings (SSSR count). The highest BCUT2D eigenvalue weighted by Gasteiger charge is 2.02. The monoisotopic (exact) mass is 308 g/mol. The molecule has 0 amide bonds. The van der Waals surface area contributed by atoms with Crippen LogP contribution in [0.1, 0.15) is 5.56 Å². The summed E-state index contributed by atoms with van der Waals surface area (Å²) in [7, 11) is 1.68. The van der Waals surface area contributed by atoms with E-state index >= 15 is 0 Å². The fourth-order valence-corrected chi connectivity index (χ4v) is 2.93. The molecular weight excluding hydrogens is 296 g/mol. The minimum atomic E-state index is 0.874. The highest BCUT2D eigenvalue weighted by Crippen LogP contribution is 2.29. The van der Waals surface area contributed by atoms with Crippen molar-refractivity contribution in [3.05, 3.63) is 58.6 Å². The first kappa shape index (κ1) is 12.5. The minimum absolute atomic E-state index is 0.874. The lowest BCUT2D eigenvalue weighted by molar-refractivity contribution is 0.412. The van der Waals surface area contributed by atoms with E-state index in [0.29, 0.717) is 0 Å². The van der Waals surface area contributed by atoms with E-state index in [9.17, 15) is 0 Å². The fraction of sp³-hybridized carbons (Fsp3) is 0.143. The predicted molar refractivity (Wildman–Crippen MR) is 76.7 cm³/mol. The Kier molecular flexibility index (Phi) is 4.51. The van der Waals surface area contributed by atoms with Gasteiger partial charge < -0.3 is 4.74 Å². The third-order valence-electron chi connectivity index (χ3n) is 2.36. The average Bonchev–Trinajstić information content (AvgIpc) is 2.38. The van der Waals surface area contributed by atoms with Crippen LogP contribution in [0.15, 0.2) is 57.9 Å². The van der Waals surface area contributed by atoms with Gasteiger partial charge in [0, 0.05) is 10.6 Å². The SMILES string of the molecule is COc1ccc(CSc2ccccc2)cc1Br. The Bertz CT molecular complexity index is 485. The number of thioether (sulfide) groups is 1. The van der Waals surface area contributed by atoms with E-state index in [0.717, 1.165) is 16.0 Å². The van der Waals surface area contributed by atoms with Crippen molar-refractivity contribution in [1.82, 2.24) is 0 Å². The van der Waals surface area contributed by atoms with Crippen molar-refractivity contribution in [1.29, 1.82) is 0 Å². The molecule has 0 unspecified atom stereocenters. The van der Waals surface area contributed by atoms with Crippen molar-refractivity contribution >= 4 is 27.7 Å². The van der Waals surface area contributed by atoms with Gasteiger partial charge in [0.1, 0.15) is 5.75 Å². The van der Waals surface area contributed by atoms with E-state index in [1.807, 2.05) is 23.9 Å². The lowest BCUT2D eigenvalue weighted by Gasteiger charge is -2.06. The van der Waals surface area contributed by atoms with Crippen molar-refractivity contribution in [3.63, 3.8) is 0 Å². The third-order valence-corrected chi connectivity index (χ3v) is 4.07. The fourth-order valence-electron chi connectivity index (χ4n) is 1.48. The molecule has 0 radical (unpaired) electrons. The molecule has 0 bridgehead atoms. The first-order valence-corrected chi connectivity index (χ1v) is 7.08. The second kappa shape index (κ2) is 6.12. The molecule has 0 heterocycles. The Balaban J connectivity index is 2.02. The summed E-state index contributed by atoms with van der Waals surface area (Å²) < 4.78 is 6.21. The van der Waals surface area contributed by atoms with Crippen LogP contribution in [0.2, 0.25) is 0 Å². The molecule has 0 aliphatic rings. The van der Waals surface area contributed by atoms with Gasteiger partial charge in [0.2, 0.25) is 0 Å². The van der Waals surface area contributed by atoms with Crippen LogP contribution < -0.4 is 4.74 Å². The summed E-state index contributed by atoms with van der Waals surface area (Å²) in [4.78, 5) is 1.29. The van der Waals surface area contributed by atoms with E-state index in [4.69, 9.17) is 4.74 Å². The van der Waals surface area contributed by atoms with Gasteiger partial charge in [0.15, 0.2) is 0 Å². The van der Waals surface area contributed by atoms with Crippen LogP contribution in [0.3, 0.4) is 0 Å². The van der Waals surface area contributed by atoms with E-state index in [2.05, 4.69) is 52.3 Å². The number of rotatable bonds is 4. The first-order chi connectivity index (χ1) is 8.29. The van der Waals surface area contributed by atoms with Gasteiger partial charge in [-0.3, -0.25) is 0 Å². The molecule has 17 heavy (non-hydrogen) atoms.